The Morgan fingerprint density at radius 3 is 3.00 bits per heavy atom. The lowest BCUT2D eigenvalue weighted by Crippen LogP contribution is -2.10. The number of hydrogen-bond donors (Lipinski definition) is 1. The van der Waals surface area contributed by atoms with E-state index in [0.29, 0.717) is 13.0 Å². The summed E-state index contributed by atoms with van der Waals surface area (Å²) in [5.74, 6) is 5.53. The van der Waals surface area contributed by atoms with Gasteiger partial charge in [0.2, 0.25) is 6.41 Å². The Labute approximate surface area is 49.3 Å². The zero-order chi connectivity index (χ0) is 6.24. The van der Waals surface area contributed by atoms with E-state index < -0.39 is 0 Å². The Morgan fingerprint density at radius 2 is 2.50 bits per heavy atom. The van der Waals surface area contributed by atoms with Crippen LogP contribution in [0.1, 0.15) is 13.3 Å². The lowest BCUT2D eigenvalue weighted by molar-refractivity contribution is -0.109. The average Bonchev–Trinajstić information content (AvgIpc) is 1.81. The molecule has 8 heavy (non-hydrogen) atoms. The molecule has 0 radical (unpaired) electrons. The van der Waals surface area contributed by atoms with E-state index in [1.807, 2.05) is 0 Å². The van der Waals surface area contributed by atoms with Crippen LogP contribution in [0.2, 0.25) is 0 Å². The summed E-state index contributed by atoms with van der Waals surface area (Å²) in [5, 5.41) is 2.50. The number of rotatable bonds is 3. The van der Waals surface area contributed by atoms with Gasteiger partial charge in [0, 0.05) is 13.0 Å². The minimum atomic E-state index is 0.657. The Balaban J connectivity index is 2.89. The van der Waals surface area contributed by atoms with Gasteiger partial charge < -0.3 is 5.32 Å². The van der Waals surface area contributed by atoms with Gasteiger partial charge in [-0.1, -0.05) is 0 Å². The molecule has 0 spiro atoms. The van der Waals surface area contributed by atoms with Crippen LogP contribution in [-0.4, -0.2) is 13.0 Å². The number of carbonyl (C=O) groups excluding carboxylic acids is 1. The normalized spacial score (nSPS) is 6.62. The Hall–Kier alpha value is -0.970. The second-order valence-corrected chi connectivity index (χ2v) is 1.25. The number of hydrogen-bond acceptors (Lipinski definition) is 1. The van der Waals surface area contributed by atoms with Gasteiger partial charge in [0.15, 0.2) is 0 Å². The molecule has 0 atom stereocenters. The van der Waals surface area contributed by atoms with Gasteiger partial charge in [0.05, 0.1) is 0 Å². The highest BCUT2D eigenvalue weighted by Gasteiger charge is 1.73. The Bertz CT molecular complexity index is 109. The SMILES string of the molecule is CC#CCCNC=O. The van der Waals surface area contributed by atoms with Crippen LogP contribution in [0.15, 0.2) is 0 Å². The summed E-state index contributed by atoms with van der Waals surface area (Å²) in [7, 11) is 0. The van der Waals surface area contributed by atoms with Crippen molar-refractivity contribution in [2.24, 2.45) is 0 Å². The number of amides is 1. The number of nitrogens with one attached hydrogen (secondary N) is 1. The molecular weight excluding hydrogens is 102 g/mol. The maximum atomic E-state index is 9.61. The fraction of sp³-hybridized carbons (Fsp3) is 0.500. The van der Waals surface area contributed by atoms with Gasteiger partial charge in [-0.3, -0.25) is 4.79 Å². The van der Waals surface area contributed by atoms with E-state index in [1.165, 1.54) is 0 Å². The van der Waals surface area contributed by atoms with Gasteiger partial charge in [-0.15, -0.1) is 11.8 Å². The molecular formula is C6H9NO. The molecule has 0 aliphatic rings. The van der Waals surface area contributed by atoms with Crippen LogP contribution in [0, 0.1) is 11.8 Å². The molecule has 0 aromatic rings. The summed E-state index contributed by atoms with van der Waals surface area (Å²) in [6.45, 7) is 2.44. The summed E-state index contributed by atoms with van der Waals surface area (Å²) in [5.41, 5.74) is 0. The van der Waals surface area contributed by atoms with Crippen molar-refractivity contribution in [3.63, 3.8) is 0 Å². The molecule has 0 aromatic heterocycles. The third-order valence-corrected chi connectivity index (χ3v) is 0.654. The van der Waals surface area contributed by atoms with E-state index >= 15 is 0 Å². The van der Waals surface area contributed by atoms with Crippen LogP contribution in [0.4, 0.5) is 0 Å². The van der Waals surface area contributed by atoms with Crippen molar-refractivity contribution in [2.45, 2.75) is 13.3 Å². The lowest BCUT2D eigenvalue weighted by atomic mass is 10.4. The summed E-state index contributed by atoms with van der Waals surface area (Å²) in [6.07, 6.45) is 1.42. The van der Waals surface area contributed by atoms with Crippen molar-refractivity contribution in [3.8, 4) is 11.8 Å². The van der Waals surface area contributed by atoms with Crippen LogP contribution in [0.5, 0.6) is 0 Å². The molecule has 0 bridgehead atoms. The Morgan fingerprint density at radius 1 is 1.75 bits per heavy atom. The second-order valence-electron chi connectivity index (χ2n) is 1.25. The van der Waals surface area contributed by atoms with Gasteiger partial charge in [-0.25, -0.2) is 0 Å². The standard InChI is InChI=1S/C6H9NO/c1-2-3-4-5-7-6-8/h6H,4-5H2,1H3,(H,7,8). The highest BCUT2D eigenvalue weighted by molar-refractivity contribution is 5.45. The topological polar surface area (TPSA) is 29.1 Å². The molecule has 0 rings (SSSR count). The molecule has 0 unspecified atom stereocenters. The van der Waals surface area contributed by atoms with Crippen LogP contribution < -0.4 is 5.32 Å². The van der Waals surface area contributed by atoms with E-state index in [1.54, 1.807) is 6.92 Å². The minimum Gasteiger partial charge on any atom is -0.358 e. The highest BCUT2D eigenvalue weighted by atomic mass is 16.1. The first kappa shape index (κ1) is 7.03. The van der Waals surface area contributed by atoms with E-state index in [0.717, 1.165) is 6.42 Å². The van der Waals surface area contributed by atoms with Crippen molar-refractivity contribution in [2.75, 3.05) is 6.54 Å². The predicted molar refractivity (Wildman–Crippen MR) is 32.1 cm³/mol. The predicted octanol–water partition coefficient (Wildman–Crippen LogP) is 0.146. The monoisotopic (exact) mass is 111 g/mol. The molecule has 1 N–H and O–H groups in total. The Kier molecular flexibility index (Phi) is 5.30. The quantitative estimate of drug-likeness (QED) is 0.313. The molecule has 0 saturated carbocycles. The lowest BCUT2D eigenvalue weighted by Gasteiger charge is -1.86. The average molecular weight is 111 g/mol. The van der Waals surface area contributed by atoms with Crippen molar-refractivity contribution in [3.05, 3.63) is 0 Å². The first-order valence-corrected chi connectivity index (χ1v) is 2.48. The maximum absolute atomic E-state index is 9.61. The van der Waals surface area contributed by atoms with Gasteiger partial charge in [-0.2, -0.15) is 0 Å². The highest BCUT2D eigenvalue weighted by Crippen LogP contribution is 1.67. The largest absolute Gasteiger partial charge is 0.358 e. The minimum absolute atomic E-state index is 0.657. The smallest absolute Gasteiger partial charge is 0.207 e. The van der Waals surface area contributed by atoms with E-state index in [9.17, 15) is 4.79 Å². The van der Waals surface area contributed by atoms with Gasteiger partial charge in [0.1, 0.15) is 0 Å². The second kappa shape index (κ2) is 6.03. The molecule has 0 saturated heterocycles. The molecule has 0 heterocycles. The third kappa shape index (κ3) is 5.03. The van der Waals surface area contributed by atoms with Crippen LogP contribution in [-0.2, 0) is 4.79 Å². The number of carbonyl (C=O) groups is 1. The van der Waals surface area contributed by atoms with E-state index in [2.05, 4.69) is 17.2 Å². The first-order chi connectivity index (χ1) is 3.91. The summed E-state index contributed by atoms with van der Waals surface area (Å²) in [6, 6.07) is 0. The molecule has 44 valence electrons. The molecule has 0 aliphatic heterocycles. The van der Waals surface area contributed by atoms with E-state index in [4.69, 9.17) is 0 Å². The molecule has 1 amide bonds. The van der Waals surface area contributed by atoms with Gasteiger partial charge in [0.25, 0.3) is 0 Å². The molecule has 0 aromatic carbocycles. The fourth-order valence-corrected chi connectivity index (χ4v) is 0.319. The summed E-state index contributed by atoms with van der Waals surface area (Å²) in [4.78, 5) is 9.61. The molecule has 0 aliphatic carbocycles. The van der Waals surface area contributed by atoms with Gasteiger partial charge in [-0.05, 0) is 6.92 Å². The van der Waals surface area contributed by atoms with Gasteiger partial charge >= 0.3 is 0 Å². The summed E-state index contributed by atoms with van der Waals surface area (Å²) < 4.78 is 0. The van der Waals surface area contributed by atoms with Crippen molar-refractivity contribution >= 4 is 6.41 Å². The third-order valence-electron chi connectivity index (χ3n) is 0.654. The van der Waals surface area contributed by atoms with Crippen LogP contribution in [0.25, 0.3) is 0 Å². The van der Waals surface area contributed by atoms with Crippen LogP contribution >= 0.6 is 0 Å². The molecule has 2 heteroatoms. The van der Waals surface area contributed by atoms with Crippen molar-refractivity contribution in [1.29, 1.82) is 0 Å². The van der Waals surface area contributed by atoms with Crippen molar-refractivity contribution in [1.82, 2.24) is 5.32 Å². The van der Waals surface area contributed by atoms with Crippen molar-refractivity contribution < 1.29 is 4.79 Å². The molecule has 2 nitrogen and oxygen atoms in total. The fourth-order valence-electron chi connectivity index (χ4n) is 0.319. The molecule has 0 fully saturated rings. The first-order valence-electron chi connectivity index (χ1n) is 2.48. The van der Waals surface area contributed by atoms with E-state index in [-0.39, 0.29) is 0 Å². The zero-order valence-corrected chi connectivity index (χ0v) is 4.90. The summed E-state index contributed by atoms with van der Waals surface area (Å²) >= 11 is 0. The zero-order valence-electron chi connectivity index (χ0n) is 4.90. The maximum Gasteiger partial charge on any atom is 0.207 e. The van der Waals surface area contributed by atoms with Crippen LogP contribution in [0.3, 0.4) is 0 Å².